The molecule has 3 rings (SSSR count). The third-order valence-corrected chi connectivity index (χ3v) is 4.16. The normalized spacial score (nSPS) is 11.1. The van der Waals surface area contributed by atoms with E-state index in [0.717, 1.165) is 23.5 Å². The number of imidazole rings is 1. The van der Waals surface area contributed by atoms with Crippen molar-refractivity contribution in [2.45, 2.75) is 26.8 Å². The van der Waals surface area contributed by atoms with E-state index in [2.05, 4.69) is 22.2 Å². The molecule has 3 aromatic rings. The molecule has 0 aliphatic carbocycles. The van der Waals surface area contributed by atoms with Crippen molar-refractivity contribution in [1.29, 1.82) is 0 Å². The van der Waals surface area contributed by atoms with Gasteiger partial charge in [-0.05, 0) is 48.7 Å². The highest BCUT2D eigenvalue weighted by atomic mass is 127. The topological polar surface area (TPSA) is 68.2 Å². The molecule has 5 nitrogen and oxygen atoms in total. The van der Waals surface area contributed by atoms with E-state index in [0.29, 0.717) is 18.2 Å². The van der Waals surface area contributed by atoms with E-state index in [4.69, 9.17) is 5.73 Å². The average Bonchev–Trinajstić information content (AvgIpc) is 3.06. The van der Waals surface area contributed by atoms with Gasteiger partial charge in [0.15, 0.2) is 5.96 Å². The standard InChI is InChI=1S/C20H22FN5.HI/c1-3-15-4-7-17(8-5-15)25-20(22)24-13-16-6-9-19(18(21)12-16)26-11-10-23-14(26)2;/h4-12H,3,13H2,1-2H3,(H3,22,24,25);1H. The second kappa shape index (κ2) is 9.50. The van der Waals surface area contributed by atoms with E-state index >= 15 is 0 Å². The summed E-state index contributed by atoms with van der Waals surface area (Å²) >= 11 is 0. The van der Waals surface area contributed by atoms with Crippen LogP contribution in [0.4, 0.5) is 10.1 Å². The van der Waals surface area contributed by atoms with E-state index in [1.165, 1.54) is 11.6 Å². The zero-order chi connectivity index (χ0) is 18.5. The number of nitrogens with zero attached hydrogens (tertiary/aromatic N) is 3. The maximum Gasteiger partial charge on any atom is 0.193 e. The number of aromatic nitrogens is 2. The van der Waals surface area contributed by atoms with Crippen LogP contribution in [0.25, 0.3) is 5.69 Å². The van der Waals surface area contributed by atoms with Crippen LogP contribution in [0.15, 0.2) is 59.9 Å². The van der Waals surface area contributed by atoms with Crippen molar-refractivity contribution in [3.63, 3.8) is 0 Å². The molecular formula is C20H23FIN5. The van der Waals surface area contributed by atoms with Gasteiger partial charge in [0, 0.05) is 18.1 Å². The molecule has 7 heteroatoms. The van der Waals surface area contributed by atoms with E-state index in [1.54, 1.807) is 23.0 Å². The lowest BCUT2D eigenvalue weighted by Gasteiger charge is -2.09. The van der Waals surface area contributed by atoms with Crippen LogP contribution in [0, 0.1) is 12.7 Å². The fourth-order valence-electron chi connectivity index (χ4n) is 2.66. The highest BCUT2D eigenvalue weighted by Gasteiger charge is 2.08. The minimum absolute atomic E-state index is 0. The molecule has 1 heterocycles. The van der Waals surface area contributed by atoms with Gasteiger partial charge >= 0.3 is 0 Å². The zero-order valence-corrected chi connectivity index (χ0v) is 17.6. The van der Waals surface area contributed by atoms with Gasteiger partial charge in [0.1, 0.15) is 11.6 Å². The van der Waals surface area contributed by atoms with Gasteiger partial charge in [-0.2, -0.15) is 0 Å². The van der Waals surface area contributed by atoms with Gasteiger partial charge in [-0.1, -0.05) is 25.1 Å². The fraction of sp³-hybridized carbons (Fsp3) is 0.200. The molecule has 0 saturated heterocycles. The van der Waals surface area contributed by atoms with Crippen LogP contribution in [0.2, 0.25) is 0 Å². The van der Waals surface area contributed by atoms with Crippen molar-refractivity contribution in [3.05, 3.63) is 77.6 Å². The van der Waals surface area contributed by atoms with E-state index in [9.17, 15) is 4.39 Å². The molecule has 0 aliphatic rings. The molecular weight excluding hydrogens is 456 g/mol. The highest BCUT2D eigenvalue weighted by Crippen LogP contribution is 2.17. The highest BCUT2D eigenvalue weighted by molar-refractivity contribution is 14.0. The second-order valence-electron chi connectivity index (χ2n) is 6.01. The summed E-state index contributed by atoms with van der Waals surface area (Å²) in [6.07, 6.45) is 4.37. The van der Waals surface area contributed by atoms with E-state index < -0.39 is 0 Å². The maximum absolute atomic E-state index is 14.4. The van der Waals surface area contributed by atoms with Gasteiger partial charge in [0.25, 0.3) is 0 Å². The van der Waals surface area contributed by atoms with Gasteiger partial charge in [-0.25, -0.2) is 14.4 Å². The summed E-state index contributed by atoms with van der Waals surface area (Å²) in [5.41, 5.74) is 9.27. The van der Waals surface area contributed by atoms with Crippen LogP contribution >= 0.6 is 24.0 Å². The summed E-state index contributed by atoms with van der Waals surface area (Å²) in [5.74, 6) is 0.710. The number of aliphatic imine (C=N–C) groups is 1. The first-order valence-electron chi connectivity index (χ1n) is 8.51. The largest absolute Gasteiger partial charge is 0.370 e. The van der Waals surface area contributed by atoms with E-state index in [1.807, 2.05) is 37.3 Å². The molecule has 0 fully saturated rings. The summed E-state index contributed by atoms with van der Waals surface area (Å²) in [6, 6.07) is 13.0. The number of anilines is 1. The quantitative estimate of drug-likeness (QED) is 0.323. The fourth-order valence-corrected chi connectivity index (χ4v) is 2.66. The number of guanidine groups is 1. The van der Waals surface area contributed by atoms with Gasteiger partial charge < -0.3 is 15.6 Å². The maximum atomic E-state index is 14.4. The van der Waals surface area contributed by atoms with Crippen LogP contribution < -0.4 is 11.1 Å². The Hall–Kier alpha value is -2.42. The van der Waals surface area contributed by atoms with Gasteiger partial charge in [0.2, 0.25) is 0 Å². The molecule has 0 bridgehead atoms. The molecule has 0 aliphatic heterocycles. The van der Waals surface area contributed by atoms with Crippen molar-refractivity contribution >= 4 is 35.6 Å². The molecule has 0 spiro atoms. The zero-order valence-electron chi connectivity index (χ0n) is 15.3. The lowest BCUT2D eigenvalue weighted by atomic mass is 10.1. The lowest BCUT2D eigenvalue weighted by molar-refractivity contribution is 0.614. The number of nitrogens with one attached hydrogen (secondary N) is 1. The van der Waals surface area contributed by atoms with Crippen LogP contribution in [0.5, 0.6) is 0 Å². The Kier molecular flexibility index (Phi) is 7.35. The molecule has 0 atom stereocenters. The van der Waals surface area contributed by atoms with Crippen molar-refractivity contribution < 1.29 is 4.39 Å². The third kappa shape index (κ3) is 5.29. The van der Waals surface area contributed by atoms with Crippen LogP contribution in [-0.4, -0.2) is 15.5 Å². The Labute approximate surface area is 175 Å². The summed E-state index contributed by atoms with van der Waals surface area (Å²) < 4.78 is 16.1. The average molecular weight is 479 g/mol. The van der Waals surface area contributed by atoms with Gasteiger partial charge in [-0.15, -0.1) is 24.0 Å². The first kappa shape index (κ1) is 20.9. The molecule has 142 valence electrons. The number of benzene rings is 2. The Morgan fingerprint density at radius 1 is 1.19 bits per heavy atom. The first-order chi connectivity index (χ1) is 12.6. The summed E-state index contributed by atoms with van der Waals surface area (Å²) in [5, 5.41) is 3.04. The summed E-state index contributed by atoms with van der Waals surface area (Å²) in [7, 11) is 0. The van der Waals surface area contributed by atoms with Crippen molar-refractivity contribution in [3.8, 4) is 5.69 Å². The number of hydrogen-bond acceptors (Lipinski definition) is 2. The first-order valence-corrected chi connectivity index (χ1v) is 8.51. The van der Waals surface area contributed by atoms with E-state index in [-0.39, 0.29) is 29.8 Å². The minimum atomic E-state index is -0.319. The van der Waals surface area contributed by atoms with Crippen LogP contribution in [-0.2, 0) is 13.0 Å². The van der Waals surface area contributed by atoms with Crippen molar-refractivity contribution in [2.24, 2.45) is 10.7 Å². The molecule has 1 aromatic heterocycles. The summed E-state index contributed by atoms with van der Waals surface area (Å²) in [6.45, 7) is 4.24. The molecule has 0 radical (unpaired) electrons. The molecule has 27 heavy (non-hydrogen) atoms. The molecule has 2 aromatic carbocycles. The Balaban J connectivity index is 0.00000261. The second-order valence-corrected chi connectivity index (χ2v) is 6.01. The van der Waals surface area contributed by atoms with Gasteiger partial charge in [-0.3, -0.25) is 0 Å². The molecule has 0 amide bonds. The van der Waals surface area contributed by atoms with Crippen LogP contribution in [0.3, 0.4) is 0 Å². The Morgan fingerprint density at radius 2 is 1.89 bits per heavy atom. The van der Waals surface area contributed by atoms with Crippen LogP contribution in [0.1, 0.15) is 23.9 Å². The Bertz CT molecular complexity index is 918. The number of hydrogen-bond donors (Lipinski definition) is 2. The molecule has 0 unspecified atom stereocenters. The Morgan fingerprint density at radius 3 is 2.48 bits per heavy atom. The number of aryl methyl sites for hydroxylation is 2. The van der Waals surface area contributed by atoms with Crippen molar-refractivity contribution in [2.75, 3.05) is 5.32 Å². The number of nitrogens with two attached hydrogens (primary N) is 1. The van der Waals surface area contributed by atoms with Gasteiger partial charge in [0.05, 0.1) is 12.2 Å². The SMILES string of the molecule is CCc1ccc(NC(N)=NCc2ccc(-n3ccnc3C)c(F)c2)cc1.I. The minimum Gasteiger partial charge on any atom is -0.370 e. The predicted molar refractivity (Wildman–Crippen MR) is 118 cm³/mol. The molecule has 3 N–H and O–H groups in total. The summed E-state index contributed by atoms with van der Waals surface area (Å²) in [4.78, 5) is 8.40. The lowest BCUT2D eigenvalue weighted by Crippen LogP contribution is -2.22. The van der Waals surface area contributed by atoms with Crippen molar-refractivity contribution in [1.82, 2.24) is 9.55 Å². The smallest absolute Gasteiger partial charge is 0.193 e. The predicted octanol–water partition coefficient (Wildman–Crippen LogP) is 4.43. The number of rotatable bonds is 5. The monoisotopic (exact) mass is 479 g/mol. The third-order valence-electron chi connectivity index (χ3n) is 4.16. The number of halogens is 2. The molecule has 0 saturated carbocycles.